The van der Waals surface area contributed by atoms with Crippen LogP contribution in [0.3, 0.4) is 0 Å². The Kier molecular flexibility index (Phi) is 4.66. The van der Waals surface area contributed by atoms with Gasteiger partial charge < -0.3 is 20.5 Å². The summed E-state index contributed by atoms with van der Waals surface area (Å²) in [6.07, 6.45) is 3.01. The number of aliphatic hydroxyl groups excluding tert-OH is 1. The van der Waals surface area contributed by atoms with E-state index in [1.165, 1.54) is 6.33 Å². The lowest BCUT2D eigenvalue weighted by atomic mass is 9.83. The van der Waals surface area contributed by atoms with Crippen molar-refractivity contribution in [3.63, 3.8) is 0 Å². The maximum atomic E-state index is 10.8. The Bertz CT molecular complexity index is 404. The molecular formula is C11H20N4O3. The van der Waals surface area contributed by atoms with Crippen LogP contribution in [0.25, 0.3) is 0 Å². The summed E-state index contributed by atoms with van der Waals surface area (Å²) >= 11 is 0. The van der Waals surface area contributed by atoms with Gasteiger partial charge in [-0.15, -0.1) is 0 Å². The predicted octanol–water partition coefficient (Wildman–Crippen LogP) is 1.54. The van der Waals surface area contributed by atoms with Crippen LogP contribution in [0.4, 0.5) is 11.6 Å². The third-order valence-corrected chi connectivity index (χ3v) is 3.56. The van der Waals surface area contributed by atoms with Gasteiger partial charge in [0.2, 0.25) is 12.1 Å². The zero-order chi connectivity index (χ0) is 13.8. The van der Waals surface area contributed by atoms with E-state index in [9.17, 15) is 15.2 Å². The highest BCUT2D eigenvalue weighted by Gasteiger charge is 2.28. The summed E-state index contributed by atoms with van der Waals surface area (Å²) in [7, 11) is 1.70. The highest BCUT2D eigenvalue weighted by Crippen LogP contribution is 2.28. The molecule has 2 N–H and O–H groups in total. The number of aromatic nitrogens is 2. The molecule has 0 aliphatic carbocycles. The lowest BCUT2D eigenvalue weighted by molar-refractivity contribution is -0.388. The number of hydrogen-bond acceptors (Lipinski definition) is 5. The second-order valence-electron chi connectivity index (χ2n) is 4.50. The molecule has 102 valence electrons. The molecule has 0 saturated carbocycles. The Morgan fingerprint density at radius 2 is 2.17 bits per heavy atom. The van der Waals surface area contributed by atoms with Gasteiger partial charge in [0.1, 0.15) is 0 Å². The minimum absolute atomic E-state index is 0.0542. The first-order valence-electron chi connectivity index (χ1n) is 6.00. The number of hydrogen-bond donors (Lipinski definition) is 2. The molecule has 0 amide bonds. The van der Waals surface area contributed by atoms with Crippen LogP contribution in [-0.2, 0) is 7.05 Å². The lowest BCUT2D eigenvalue weighted by Crippen LogP contribution is -2.32. The Balaban J connectivity index is 2.85. The van der Waals surface area contributed by atoms with Crippen molar-refractivity contribution in [2.75, 3.05) is 18.5 Å². The second-order valence-corrected chi connectivity index (χ2v) is 4.50. The molecule has 0 aliphatic rings. The maximum absolute atomic E-state index is 10.8. The molecule has 1 aromatic heterocycles. The summed E-state index contributed by atoms with van der Waals surface area (Å²) in [5, 5.41) is 23.3. The molecule has 1 heterocycles. The summed E-state index contributed by atoms with van der Waals surface area (Å²) in [6, 6.07) is 0. The SMILES string of the molecule is CCC(CC)(CO)CNc1c([N+](=O)[O-])ncn1C. The van der Waals surface area contributed by atoms with Gasteiger partial charge in [-0.05, 0) is 22.7 Å². The van der Waals surface area contributed by atoms with Gasteiger partial charge in [-0.1, -0.05) is 13.8 Å². The molecule has 7 heteroatoms. The molecule has 0 aromatic carbocycles. The van der Waals surface area contributed by atoms with E-state index in [0.29, 0.717) is 12.4 Å². The third kappa shape index (κ3) is 2.79. The fourth-order valence-corrected chi connectivity index (χ4v) is 1.81. The van der Waals surface area contributed by atoms with E-state index in [0.717, 1.165) is 12.8 Å². The smallest absolute Gasteiger partial charge is 0.396 e. The van der Waals surface area contributed by atoms with E-state index >= 15 is 0 Å². The Labute approximate surface area is 106 Å². The Hall–Kier alpha value is -1.63. The van der Waals surface area contributed by atoms with E-state index in [4.69, 9.17) is 0 Å². The number of rotatable bonds is 7. The maximum Gasteiger partial charge on any atom is 0.406 e. The topological polar surface area (TPSA) is 93.2 Å². The van der Waals surface area contributed by atoms with Gasteiger partial charge in [0.15, 0.2) is 0 Å². The molecule has 0 radical (unpaired) electrons. The molecule has 0 saturated heterocycles. The van der Waals surface area contributed by atoms with Gasteiger partial charge in [0.05, 0.1) is 6.61 Å². The van der Waals surface area contributed by atoms with Crippen molar-refractivity contribution in [1.29, 1.82) is 0 Å². The second kappa shape index (κ2) is 5.81. The quantitative estimate of drug-likeness (QED) is 0.570. The molecule has 0 unspecified atom stereocenters. The van der Waals surface area contributed by atoms with E-state index in [-0.39, 0.29) is 17.8 Å². The zero-order valence-electron chi connectivity index (χ0n) is 11.0. The van der Waals surface area contributed by atoms with Crippen molar-refractivity contribution in [2.45, 2.75) is 26.7 Å². The summed E-state index contributed by atoms with van der Waals surface area (Å²) in [5.74, 6) is 0.191. The lowest BCUT2D eigenvalue weighted by Gasteiger charge is -2.29. The third-order valence-electron chi connectivity index (χ3n) is 3.56. The monoisotopic (exact) mass is 256 g/mol. The molecule has 18 heavy (non-hydrogen) atoms. The standard InChI is InChI=1S/C11H20N4O3/c1-4-11(5-2,7-16)6-12-9-10(15(17)18)13-8-14(9)3/h8,12,16H,4-7H2,1-3H3. The van der Waals surface area contributed by atoms with Crippen LogP contribution < -0.4 is 5.32 Å². The van der Waals surface area contributed by atoms with Crippen molar-refractivity contribution in [3.8, 4) is 0 Å². The number of imidazole rings is 1. The van der Waals surface area contributed by atoms with Crippen LogP contribution in [-0.4, -0.2) is 32.7 Å². The first-order valence-corrected chi connectivity index (χ1v) is 6.00. The number of aryl methyl sites for hydroxylation is 1. The molecule has 0 atom stereocenters. The van der Waals surface area contributed by atoms with Gasteiger partial charge in [-0.2, -0.15) is 0 Å². The first-order chi connectivity index (χ1) is 8.49. The molecular weight excluding hydrogens is 236 g/mol. The van der Waals surface area contributed by atoms with Crippen LogP contribution in [0.2, 0.25) is 0 Å². The molecule has 1 aromatic rings. The summed E-state index contributed by atoms with van der Waals surface area (Å²) < 4.78 is 1.57. The van der Waals surface area contributed by atoms with Crippen LogP contribution in [0, 0.1) is 15.5 Å². The van der Waals surface area contributed by atoms with Crippen LogP contribution in [0.1, 0.15) is 26.7 Å². The van der Waals surface area contributed by atoms with E-state index in [2.05, 4.69) is 10.3 Å². The van der Waals surface area contributed by atoms with Crippen molar-refractivity contribution in [3.05, 3.63) is 16.4 Å². The fraction of sp³-hybridized carbons (Fsp3) is 0.727. The minimum atomic E-state index is -0.513. The van der Waals surface area contributed by atoms with Gasteiger partial charge in [-0.25, -0.2) is 0 Å². The van der Waals surface area contributed by atoms with E-state index in [1.54, 1.807) is 11.6 Å². The highest BCUT2D eigenvalue weighted by molar-refractivity contribution is 5.52. The van der Waals surface area contributed by atoms with Crippen molar-refractivity contribution < 1.29 is 10.0 Å². The number of aliphatic hydroxyl groups is 1. The van der Waals surface area contributed by atoms with Gasteiger partial charge in [0, 0.05) is 19.0 Å². The van der Waals surface area contributed by atoms with Gasteiger partial charge in [-0.3, -0.25) is 4.57 Å². The summed E-state index contributed by atoms with van der Waals surface area (Å²) in [6.45, 7) is 4.54. The van der Waals surface area contributed by atoms with Crippen LogP contribution in [0.5, 0.6) is 0 Å². The van der Waals surface area contributed by atoms with Crippen LogP contribution >= 0.6 is 0 Å². The molecule has 7 nitrogen and oxygen atoms in total. The van der Waals surface area contributed by atoms with Crippen LogP contribution in [0.15, 0.2) is 6.33 Å². The van der Waals surface area contributed by atoms with E-state index < -0.39 is 4.92 Å². The Morgan fingerprint density at radius 3 is 2.61 bits per heavy atom. The predicted molar refractivity (Wildman–Crippen MR) is 68.5 cm³/mol. The van der Waals surface area contributed by atoms with E-state index in [1.807, 2.05) is 13.8 Å². The number of nitro groups is 1. The average molecular weight is 256 g/mol. The number of anilines is 1. The Morgan fingerprint density at radius 1 is 1.56 bits per heavy atom. The van der Waals surface area contributed by atoms with Gasteiger partial charge in [0.25, 0.3) is 0 Å². The highest BCUT2D eigenvalue weighted by atomic mass is 16.6. The normalized spacial score (nSPS) is 11.6. The van der Waals surface area contributed by atoms with Gasteiger partial charge >= 0.3 is 5.82 Å². The first kappa shape index (κ1) is 14.4. The number of nitrogens with zero attached hydrogens (tertiary/aromatic N) is 3. The van der Waals surface area contributed by atoms with Crippen molar-refractivity contribution in [2.24, 2.45) is 12.5 Å². The molecule has 0 fully saturated rings. The fourth-order valence-electron chi connectivity index (χ4n) is 1.81. The molecule has 0 bridgehead atoms. The largest absolute Gasteiger partial charge is 0.406 e. The zero-order valence-corrected chi connectivity index (χ0v) is 11.0. The van der Waals surface area contributed by atoms with Crippen molar-refractivity contribution >= 4 is 11.6 Å². The minimum Gasteiger partial charge on any atom is -0.396 e. The average Bonchev–Trinajstić information content (AvgIpc) is 2.73. The number of nitrogens with one attached hydrogen (secondary N) is 1. The summed E-state index contributed by atoms with van der Waals surface area (Å²) in [4.78, 5) is 14.0. The molecule has 0 spiro atoms. The van der Waals surface area contributed by atoms with Crippen molar-refractivity contribution in [1.82, 2.24) is 9.55 Å². The molecule has 0 aliphatic heterocycles. The molecule has 1 rings (SSSR count). The summed E-state index contributed by atoms with van der Waals surface area (Å²) in [5.41, 5.74) is -0.252.